The Morgan fingerprint density at radius 1 is 1.53 bits per heavy atom. The minimum absolute atomic E-state index is 0.736. The maximum Gasteiger partial charge on any atom is 0.127 e. The molecule has 2 aromatic heterocycles. The van der Waals surface area contributed by atoms with E-state index in [9.17, 15) is 0 Å². The van der Waals surface area contributed by atoms with E-state index in [2.05, 4.69) is 20.8 Å². The molecule has 0 saturated heterocycles. The van der Waals surface area contributed by atoms with Crippen LogP contribution in [0.1, 0.15) is 24.2 Å². The van der Waals surface area contributed by atoms with E-state index in [0.29, 0.717) is 0 Å². The van der Waals surface area contributed by atoms with Crippen LogP contribution in [-0.2, 0) is 13.6 Å². The van der Waals surface area contributed by atoms with Gasteiger partial charge in [-0.1, -0.05) is 0 Å². The Morgan fingerprint density at radius 3 is 3.00 bits per heavy atom. The van der Waals surface area contributed by atoms with Crippen molar-refractivity contribution in [3.8, 4) is 10.6 Å². The average molecular weight is 248 g/mol. The third-order valence-corrected chi connectivity index (χ3v) is 3.87. The highest BCUT2D eigenvalue weighted by molar-refractivity contribution is 7.13. The molecule has 0 aromatic carbocycles. The minimum atomic E-state index is 0.736. The van der Waals surface area contributed by atoms with Crippen molar-refractivity contribution < 1.29 is 0 Å². The molecule has 1 saturated carbocycles. The lowest BCUT2D eigenvalue weighted by Crippen LogP contribution is -2.15. The van der Waals surface area contributed by atoms with Crippen molar-refractivity contribution in [3.05, 3.63) is 23.0 Å². The van der Waals surface area contributed by atoms with Gasteiger partial charge in [-0.2, -0.15) is 5.10 Å². The maximum atomic E-state index is 4.66. The van der Waals surface area contributed by atoms with E-state index < -0.39 is 0 Å². The Hall–Kier alpha value is -1.20. The van der Waals surface area contributed by atoms with E-state index in [4.69, 9.17) is 0 Å². The number of thiazole rings is 1. The molecule has 0 atom stereocenters. The molecule has 4 nitrogen and oxygen atoms in total. The fourth-order valence-corrected chi connectivity index (χ4v) is 2.74. The van der Waals surface area contributed by atoms with Gasteiger partial charge < -0.3 is 5.32 Å². The van der Waals surface area contributed by atoms with Crippen LogP contribution in [0, 0.1) is 6.92 Å². The van der Waals surface area contributed by atoms with Crippen molar-refractivity contribution in [1.29, 1.82) is 0 Å². The van der Waals surface area contributed by atoms with Crippen LogP contribution in [0.2, 0.25) is 0 Å². The van der Waals surface area contributed by atoms with E-state index in [-0.39, 0.29) is 0 Å². The second-order valence-electron chi connectivity index (χ2n) is 4.60. The predicted octanol–water partition coefficient (Wildman–Crippen LogP) is 2.10. The third-order valence-electron chi connectivity index (χ3n) is 2.94. The molecule has 1 aliphatic carbocycles. The van der Waals surface area contributed by atoms with Crippen LogP contribution < -0.4 is 5.32 Å². The molecule has 0 unspecified atom stereocenters. The van der Waals surface area contributed by atoms with E-state index in [0.717, 1.165) is 34.5 Å². The van der Waals surface area contributed by atoms with Crippen LogP contribution in [0.4, 0.5) is 0 Å². The zero-order valence-corrected chi connectivity index (χ0v) is 10.9. The van der Waals surface area contributed by atoms with Crippen molar-refractivity contribution in [2.75, 3.05) is 0 Å². The lowest BCUT2D eigenvalue weighted by Gasteiger charge is -1.97. The van der Waals surface area contributed by atoms with Gasteiger partial charge in [0.1, 0.15) is 5.01 Å². The van der Waals surface area contributed by atoms with E-state index in [1.54, 1.807) is 11.3 Å². The lowest BCUT2D eigenvalue weighted by molar-refractivity contribution is 0.678. The Bertz CT molecular complexity index is 524. The number of rotatable bonds is 4. The topological polar surface area (TPSA) is 42.7 Å². The monoisotopic (exact) mass is 248 g/mol. The molecule has 1 aliphatic rings. The molecule has 0 amide bonds. The summed E-state index contributed by atoms with van der Waals surface area (Å²) < 4.78 is 1.84. The van der Waals surface area contributed by atoms with Gasteiger partial charge in [0.2, 0.25) is 0 Å². The Kier molecular flexibility index (Phi) is 2.72. The number of hydrogen-bond acceptors (Lipinski definition) is 4. The van der Waals surface area contributed by atoms with E-state index >= 15 is 0 Å². The highest BCUT2D eigenvalue weighted by Gasteiger charge is 2.20. The summed E-state index contributed by atoms with van der Waals surface area (Å²) in [5.74, 6) is 0. The van der Waals surface area contributed by atoms with E-state index in [1.165, 1.54) is 12.8 Å². The van der Waals surface area contributed by atoms with Gasteiger partial charge in [0, 0.05) is 31.2 Å². The first-order chi connectivity index (χ1) is 8.22. The summed E-state index contributed by atoms with van der Waals surface area (Å²) in [6.45, 7) is 2.92. The molecular formula is C12H16N4S. The molecule has 2 aromatic rings. The normalized spacial score (nSPS) is 15.4. The molecule has 0 spiro atoms. The fraction of sp³-hybridized carbons (Fsp3) is 0.500. The number of aromatic nitrogens is 3. The molecule has 3 rings (SSSR count). The number of hydrogen-bond donors (Lipinski definition) is 1. The van der Waals surface area contributed by atoms with Crippen molar-refractivity contribution in [3.63, 3.8) is 0 Å². The highest BCUT2D eigenvalue weighted by atomic mass is 32.1. The summed E-state index contributed by atoms with van der Waals surface area (Å²) in [4.78, 5) is 4.66. The summed E-state index contributed by atoms with van der Waals surface area (Å²) >= 11 is 1.70. The molecule has 5 heteroatoms. The quantitative estimate of drug-likeness (QED) is 0.901. The molecular weight excluding hydrogens is 232 g/mol. The summed E-state index contributed by atoms with van der Waals surface area (Å²) in [6.07, 6.45) is 4.67. The summed E-state index contributed by atoms with van der Waals surface area (Å²) in [5, 5.41) is 11.0. The third kappa shape index (κ3) is 2.40. The molecule has 0 bridgehead atoms. The molecule has 1 fully saturated rings. The van der Waals surface area contributed by atoms with Gasteiger partial charge in [-0.25, -0.2) is 4.98 Å². The fourth-order valence-electron chi connectivity index (χ4n) is 1.86. The molecule has 0 radical (unpaired) electrons. The molecule has 17 heavy (non-hydrogen) atoms. The smallest absolute Gasteiger partial charge is 0.127 e. The maximum absolute atomic E-state index is 4.66. The zero-order chi connectivity index (χ0) is 11.8. The average Bonchev–Trinajstić information content (AvgIpc) is 2.90. The van der Waals surface area contributed by atoms with Gasteiger partial charge in [-0.05, 0) is 19.8 Å². The van der Waals surface area contributed by atoms with Crippen LogP contribution in [0.3, 0.4) is 0 Å². The molecule has 1 N–H and O–H groups in total. The first-order valence-corrected chi connectivity index (χ1v) is 6.79. The Balaban J connectivity index is 1.76. The largest absolute Gasteiger partial charge is 0.308 e. The van der Waals surface area contributed by atoms with Crippen LogP contribution in [0.25, 0.3) is 10.6 Å². The zero-order valence-electron chi connectivity index (χ0n) is 10.1. The van der Waals surface area contributed by atoms with Crippen LogP contribution in [0.15, 0.2) is 11.6 Å². The Labute approximate surface area is 105 Å². The predicted molar refractivity (Wildman–Crippen MR) is 68.9 cm³/mol. The molecule has 2 heterocycles. The van der Waals surface area contributed by atoms with Gasteiger partial charge in [0.15, 0.2) is 0 Å². The number of aryl methyl sites for hydroxylation is 2. The number of nitrogens with one attached hydrogen (secondary N) is 1. The summed E-state index contributed by atoms with van der Waals surface area (Å²) in [6, 6.07) is 0.736. The lowest BCUT2D eigenvalue weighted by atomic mass is 10.3. The van der Waals surface area contributed by atoms with Gasteiger partial charge >= 0.3 is 0 Å². The van der Waals surface area contributed by atoms with Crippen molar-refractivity contribution >= 4 is 11.3 Å². The van der Waals surface area contributed by atoms with Crippen molar-refractivity contribution in [1.82, 2.24) is 20.1 Å². The van der Waals surface area contributed by atoms with Gasteiger partial charge in [-0.15, -0.1) is 11.3 Å². The Morgan fingerprint density at radius 2 is 2.35 bits per heavy atom. The number of nitrogens with zero attached hydrogens (tertiary/aromatic N) is 3. The van der Waals surface area contributed by atoms with Gasteiger partial charge in [-0.3, -0.25) is 4.68 Å². The SMILES string of the molecule is Cc1nn(C)cc1-c1nc(CNC2CC2)cs1. The molecule has 90 valence electrons. The molecule has 0 aliphatic heterocycles. The second kappa shape index (κ2) is 4.23. The first-order valence-electron chi connectivity index (χ1n) is 5.91. The minimum Gasteiger partial charge on any atom is -0.308 e. The van der Waals surface area contributed by atoms with Gasteiger partial charge in [0.05, 0.1) is 17.0 Å². The standard InChI is InChI=1S/C12H16N4S/c1-8-11(6-16(2)15-8)12-14-10(7-17-12)5-13-9-3-4-9/h6-7,9,13H,3-5H2,1-2H3. The second-order valence-corrected chi connectivity index (χ2v) is 5.46. The van der Waals surface area contributed by atoms with Crippen molar-refractivity contribution in [2.45, 2.75) is 32.4 Å². The van der Waals surface area contributed by atoms with Crippen LogP contribution in [-0.4, -0.2) is 20.8 Å². The van der Waals surface area contributed by atoms with Gasteiger partial charge in [0.25, 0.3) is 0 Å². The summed E-state index contributed by atoms with van der Waals surface area (Å²) in [5.41, 5.74) is 3.33. The van der Waals surface area contributed by atoms with Crippen LogP contribution in [0.5, 0.6) is 0 Å². The van der Waals surface area contributed by atoms with Crippen molar-refractivity contribution in [2.24, 2.45) is 7.05 Å². The summed E-state index contributed by atoms with van der Waals surface area (Å²) in [7, 11) is 1.94. The van der Waals surface area contributed by atoms with Crippen LogP contribution >= 0.6 is 11.3 Å². The highest BCUT2D eigenvalue weighted by Crippen LogP contribution is 2.26. The first kappa shape index (κ1) is 10.9. The van der Waals surface area contributed by atoms with E-state index in [1.807, 2.05) is 24.9 Å².